The largest absolute Gasteiger partial charge is 0.481 e. The molecule has 1 aliphatic carbocycles. The van der Waals surface area contributed by atoms with Crippen molar-refractivity contribution in [1.82, 2.24) is 0 Å². The van der Waals surface area contributed by atoms with Crippen LogP contribution >= 0.6 is 0 Å². The Bertz CT molecular complexity index is 386. The molecule has 0 heterocycles. The molecule has 3 nitrogen and oxygen atoms in total. The van der Waals surface area contributed by atoms with Crippen molar-refractivity contribution in [3.05, 3.63) is 35.4 Å². The summed E-state index contributed by atoms with van der Waals surface area (Å²) in [4.78, 5) is 10.7. The zero-order valence-corrected chi connectivity index (χ0v) is 8.44. The number of hydrogen-bond donors (Lipinski definition) is 2. The highest BCUT2D eigenvalue weighted by Crippen LogP contribution is 2.37. The molecular formula is C12H14O3. The lowest BCUT2D eigenvalue weighted by Gasteiger charge is -2.33. The second-order valence-electron chi connectivity index (χ2n) is 4.11. The van der Waals surface area contributed by atoms with E-state index in [2.05, 4.69) is 0 Å². The fraction of sp³-hybridized carbons (Fsp3) is 0.417. The van der Waals surface area contributed by atoms with Gasteiger partial charge in [0, 0.05) is 0 Å². The number of hydrogen-bond acceptors (Lipinski definition) is 2. The Hall–Kier alpha value is -1.35. The molecule has 0 fully saturated rings. The first-order valence-corrected chi connectivity index (χ1v) is 5.14. The minimum atomic E-state index is -1.17. The molecule has 0 bridgehead atoms. The van der Waals surface area contributed by atoms with E-state index in [0.717, 1.165) is 24.0 Å². The van der Waals surface area contributed by atoms with E-state index in [-0.39, 0.29) is 6.42 Å². The summed E-state index contributed by atoms with van der Waals surface area (Å²) >= 11 is 0. The Balaban J connectivity index is 2.40. The lowest BCUT2D eigenvalue weighted by Crippen LogP contribution is -2.33. The van der Waals surface area contributed by atoms with Crippen LogP contribution in [0.15, 0.2) is 24.3 Å². The molecule has 0 spiro atoms. The lowest BCUT2D eigenvalue weighted by atomic mass is 9.77. The maximum absolute atomic E-state index is 10.7. The average Bonchev–Trinajstić information content (AvgIpc) is 2.17. The molecule has 1 atom stereocenters. The van der Waals surface area contributed by atoms with Crippen LogP contribution in [0.2, 0.25) is 0 Å². The van der Waals surface area contributed by atoms with Crippen molar-refractivity contribution in [3.63, 3.8) is 0 Å². The molecule has 2 rings (SSSR count). The quantitative estimate of drug-likeness (QED) is 0.774. The predicted molar refractivity (Wildman–Crippen MR) is 55.5 cm³/mol. The van der Waals surface area contributed by atoms with E-state index in [0.29, 0.717) is 6.42 Å². The topological polar surface area (TPSA) is 57.5 Å². The van der Waals surface area contributed by atoms with Crippen molar-refractivity contribution in [3.8, 4) is 0 Å². The highest BCUT2D eigenvalue weighted by Gasteiger charge is 2.35. The number of carboxylic acid groups (broad SMARTS) is 1. The Kier molecular flexibility index (Phi) is 2.49. The highest BCUT2D eigenvalue weighted by atomic mass is 16.4. The summed E-state index contributed by atoms with van der Waals surface area (Å²) in [7, 11) is 0. The Labute approximate surface area is 88.4 Å². The van der Waals surface area contributed by atoms with E-state index in [9.17, 15) is 9.90 Å². The highest BCUT2D eigenvalue weighted by molar-refractivity contribution is 5.69. The lowest BCUT2D eigenvalue weighted by molar-refractivity contribution is -0.143. The molecule has 1 aliphatic rings. The molecule has 80 valence electrons. The monoisotopic (exact) mass is 206 g/mol. The molecule has 0 aliphatic heterocycles. The summed E-state index contributed by atoms with van der Waals surface area (Å²) in [6.07, 6.45) is 2.11. The summed E-state index contributed by atoms with van der Waals surface area (Å²) in [5.41, 5.74) is 0.701. The SMILES string of the molecule is O=C(O)CC1(O)CCCc2ccccc21. The van der Waals surface area contributed by atoms with E-state index in [1.807, 2.05) is 24.3 Å². The van der Waals surface area contributed by atoms with Crippen LogP contribution in [-0.2, 0) is 16.8 Å². The van der Waals surface area contributed by atoms with Crippen LogP contribution in [0.3, 0.4) is 0 Å². The van der Waals surface area contributed by atoms with Gasteiger partial charge in [-0.3, -0.25) is 4.79 Å². The Morgan fingerprint density at radius 2 is 2.13 bits per heavy atom. The summed E-state index contributed by atoms with van der Waals surface area (Å²) in [5.74, 6) is -0.950. The third kappa shape index (κ3) is 1.88. The molecule has 3 heteroatoms. The van der Waals surface area contributed by atoms with E-state index >= 15 is 0 Å². The van der Waals surface area contributed by atoms with Gasteiger partial charge in [-0.2, -0.15) is 0 Å². The van der Waals surface area contributed by atoms with Crippen molar-refractivity contribution >= 4 is 5.97 Å². The van der Waals surface area contributed by atoms with Crippen LogP contribution in [0.25, 0.3) is 0 Å². The number of rotatable bonds is 2. The maximum atomic E-state index is 10.7. The fourth-order valence-corrected chi connectivity index (χ4v) is 2.33. The number of carboxylic acids is 1. The van der Waals surface area contributed by atoms with E-state index in [1.165, 1.54) is 0 Å². The Morgan fingerprint density at radius 1 is 1.40 bits per heavy atom. The van der Waals surface area contributed by atoms with Crippen LogP contribution in [0.4, 0.5) is 0 Å². The van der Waals surface area contributed by atoms with Crippen molar-refractivity contribution in [1.29, 1.82) is 0 Å². The minimum absolute atomic E-state index is 0.204. The molecule has 15 heavy (non-hydrogen) atoms. The van der Waals surface area contributed by atoms with Gasteiger partial charge in [0.25, 0.3) is 0 Å². The summed E-state index contributed by atoms with van der Waals surface area (Å²) in [6, 6.07) is 7.56. The van der Waals surface area contributed by atoms with Crippen LogP contribution in [0.1, 0.15) is 30.4 Å². The first-order valence-electron chi connectivity index (χ1n) is 5.14. The number of fused-ring (bicyclic) bond motifs is 1. The zero-order valence-electron chi connectivity index (χ0n) is 8.44. The molecule has 1 aromatic rings. The summed E-state index contributed by atoms with van der Waals surface area (Å²) in [5, 5.41) is 19.1. The van der Waals surface area contributed by atoms with Gasteiger partial charge in [-0.1, -0.05) is 24.3 Å². The van der Waals surface area contributed by atoms with Gasteiger partial charge < -0.3 is 10.2 Å². The van der Waals surface area contributed by atoms with Gasteiger partial charge in [0.1, 0.15) is 5.60 Å². The van der Waals surface area contributed by atoms with Gasteiger partial charge in [0.15, 0.2) is 0 Å². The number of carbonyl (C=O) groups is 1. The van der Waals surface area contributed by atoms with Gasteiger partial charge in [-0.25, -0.2) is 0 Å². The van der Waals surface area contributed by atoms with E-state index < -0.39 is 11.6 Å². The van der Waals surface area contributed by atoms with E-state index in [1.54, 1.807) is 0 Å². The fourth-order valence-electron chi connectivity index (χ4n) is 2.33. The van der Waals surface area contributed by atoms with Gasteiger partial charge in [-0.05, 0) is 30.4 Å². The number of aliphatic carboxylic acids is 1. The molecule has 1 unspecified atom stereocenters. The summed E-state index contributed by atoms with van der Waals surface area (Å²) < 4.78 is 0. The zero-order chi connectivity index (χ0) is 10.9. The van der Waals surface area contributed by atoms with Gasteiger partial charge in [-0.15, -0.1) is 0 Å². The van der Waals surface area contributed by atoms with Crippen molar-refractivity contribution in [2.45, 2.75) is 31.3 Å². The van der Waals surface area contributed by atoms with Crippen molar-refractivity contribution in [2.75, 3.05) is 0 Å². The van der Waals surface area contributed by atoms with Gasteiger partial charge in [0.2, 0.25) is 0 Å². The van der Waals surface area contributed by atoms with Crippen LogP contribution in [-0.4, -0.2) is 16.2 Å². The number of aliphatic hydroxyl groups is 1. The predicted octanol–water partition coefficient (Wildman–Crippen LogP) is 1.69. The van der Waals surface area contributed by atoms with Crippen molar-refractivity contribution < 1.29 is 15.0 Å². The summed E-state index contributed by atoms with van der Waals surface area (Å²) in [6.45, 7) is 0. The molecule has 0 radical (unpaired) electrons. The number of benzene rings is 1. The van der Waals surface area contributed by atoms with E-state index in [4.69, 9.17) is 5.11 Å². The normalized spacial score (nSPS) is 24.6. The second-order valence-corrected chi connectivity index (χ2v) is 4.11. The number of aryl methyl sites for hydroxylation is 1. The average molecular weight is 206 g/mol. The molecule has 1 aromatic carbocycles. The molecule has 0 aromatic heterocycles. The van der Waals surface area contributed by atoms with Gasteiger partial charge in [0.05, 0.1) is 6.42 Å². The molecule has 0 saturated carbocycles. The second kappa shape index (κ2) is 3.66. The van der Waals surface area contributed by atoms with Crippen molar-refractivity contribution in [2.24, 2.45) is 0 Å². The standard InChI is InChI=1S/C12H14O3/c13-11(14)8-12(15)7-3-5-9-4-1-2-6-10(9)12/h1-2,4,6,15H,3,5,7-8H2,(H,13,14). The smallest absolute Gasteiger partial charge is 0.306 e. The van der Waals surface area contributed by atoms with Crippen LogP contribution in [0.5, 0.6) is 0 Å². The first-order chi connectivity index (χ1) is 7.12. The third-order valence-corrected chi connectivity index (χ3v) is 3.00. The molecular weight excluding hydrogens is 192 g/mol. The Morgan fingerprint density at radius 3 is 2.87 bits per heavy atom. The third-order valence-electron chi connectivity index (χ3n) is 3.00. The molecule has 0 amide bonds. The van der Waals surface area contributed by atoms with Crippen LogP contribution in [0, 0.1) is 0 Å². The molecule has 2 N–H and O–H groups in total. The van der Waals surface area contributed by atoms with Crippen LogP contribution < -0.4 is 0 Å². The molecule has 0 saturated heterocycles. The first kappa shape index (κ1) is 10.2. The maximum Gasteiger partial charge on any atom is 0.306 e. The van der Waals surface area contributed by atoms with Gasteiger partial charge >= 0.3 is 5.97 Å². The minimum Gasteiger partial charge on any atom is -0.481 e.